The minimum absolute atomic E-state index is 0.0435. The SMILES string of the molecule is CCOc1ccc2ccccc2c1C(=O)N1CC(c2ccc(OC)c(OC)c2)c2cccnc21. The van der Waals surface area contributed by atoms with Crippen LogP contribution in [0.15, 0.2) is 72.9 Å². The Kier molecular flexibility index (Phi) is 5.80. The number of ether oxygens (including phenoxy) is 3. The second kappa shape index (κ2) is 9.06. The summed E-state index contributed by atoms with van der Waals surface area (Å²) in [4.78, 5) is 20.4. The molecule has 1 aliphatic heterocycles. The van der Waals surface area contributed by atoms with Crippen molar-refractivity contribution in [3.05, 3.63) is 89.6 Å². The third-order valence-electron chi connectivity index (χ3n) is 6.27. The van der Waals surface area contributed by atoms with Gasteiger partial charge in [-0.15, -0.1) is 0 Å². The van der Waals surface area contributed by atoms with Crippen LogP contribution < -0.4 is 19.1 Å². The van der Waals surface area contributed by atoms with Gasteiger partial charge in [0.25, 0.3) is 5.91 Å². The summed E-state index contributed by atoms with van der Waals surface area (Å²) in [5.41, 5.74) is 2.59. The van der Waals surface area contributed by atoms with E-state index in [0.29, 0.717) is 41.8 Å². The quantitative estimate of drug-likeness (QED) is 0.388. The van der Waals surface area contributed by atoms with E-state index < -0.39 is 0 Å². The first-order valence-electron chi connectivity index (χ1n) is 11.3. The number of carbonyl (C=O) groups is 1. The number of methoxy groups -OCH3 is 2. The normalized spacial score (nSPS) is 14.7. The molecule has 0 spiro atoms. The van der Waals surface area contributed by atoms with Crippen LogP contribution in [0.25, 0.3) is 10.8 Å². The van der Waals surface area contributed by atoms with Crippen molar-refractivity contribution in [1.29, 1.82) is 0 Å². The van der Waals surface area contributed by atoms with Gasteiger partial charge in [-0.3, -0.25) is 9.69 Å². The first kappa shape index (κ1) is 21.8. The molecule has 1 unspecified atom stereocenters. The molecule has 6 heteroatoms. The summed E-state index contributed by atoms with van der Waals surface area (Å²) in [6.45, 7) is 2.86. The topological polar surface area (TPSA) is 60.9 Å². The van der Waals surface area contributed by atoms with Gasteiger partial charge in [-0.2, -0.15) is 0 Å². The second-order valence-corrected chi connectivity index (χ2v) is 8.09. The Morgan fingerprint density at radius 1 is 0.971 bits per heavy atom. The Hall–Kier alpha value is -4.06. The van der Waals surface area contributed by atoms with E-state index in [4.69, 9.17) is 14.2 Å². The molecule has 0 saturated carbocycles. The molecule has 5 rings (SSSR count). The third-order valence-corrected chi connectivity index (χ3v) is 6.27. The molecule has 2 heterocycles. The Labute approximate surface area is 198 Å². The maximum Gasteiger partial charge on any atom is 0.263 e. The number of carbonyl (C=O) groups excluding carboxylic acids is 1. The van der Waals surface area contributed by atoms with Gasteiger partial charge in [0.2, 0.25) is 0 Å². The molecular formula is C28H26N2O4. The summed E-state index contributed by atoms with van der Waals surface area (Å²) in [6.07, 6.45) is 1.72. The number of anilines is 1. The number of benzene rings is 3. The van der Waals surface area contributed by atoms with E-state index in [-0.39, 0.29) is 11.8 Å². The maximum absolute atomic E-state index is 14.1. The summed E-state index contributed by atoms with van der Waals surface area (Å²) in [5.74, 6) is 2.41. The van der Waals surface area contributed by atoms with Gasteiger partial charge in [0, 0.05) is 24.2 Å². The third kappa shape index (κ3) is 3.61. The van der Waals surface area contributed by atoms with Crippen molar-refractivity contribution < 1.29 is 19.0 Å². The zero-order valence-electron chi connectivity index (χ0n) is 19.4. The van der Waals surface area contributed by atoms with E-state index in [1.165, 1.54) is 0 Å². The van der Waals surface area contributed by atoms with Gasteiger partial charge in [0.05, 0.1) is 26.4 Å². The zero-order valence-corrected chi connectivity index (χ0v) is 19.4. The van der Waals surface area contributed by atoms with Crippen LogP contribution in [0, 0.1) is 0 Å². The standard InChI is InChI=1S/C28H26N2O4/c1-4-34-24-14-11-18-8-5-6-9-20(18)26(24)28(31)30-17-22(21-10-7-15-29-27(21)30)19-12-13-23(32-2)25(16-19)33-3/h5-16,22H,4,17H2,1-3H3. The van der Waals surface area contributed by atoms with E-state index in [2.05, 4.69) is 4.98 Å². The van der Waals surface area contributed by atoms with Crippen LogP contribution >= 0.6 is 0 Å². The Balaban J connectivity index is 1.60. The highest BCUT2D eigenvalue weighted by molar-refractivity contribution is 6.16. The van der Waals surface area contributed by atoms with Gasteiger partial charge < -0.3 is 14.2 Å². The molecule has 1 aliphatic rings. The average Bonchev–Trinajstić information content (AvgIpc) is 3.27. The number of aromatic nitrogens is 1. The van der Waals surface area contributed by atoms with Crippen LogP contribution in [0.3, 0.4) is 0 Å². The minimum Gasteiger partial charge on any atom is -0.493 e. The minimum atomic E-state index is -0.122. The Morgan fingerprint density at radius 3 is 2.56 bits per heavy atom. The summed E-state index contributed by atoms with van der Waals surface area (Å²) in [6, 6.07) is 21.6. The number of pyridine rings is 1. The molecule has 1 atom stereocenters. The first-order chi connectivity index (χ1) is 16.7. The van der Waals surface area contributed by atoms with Crippen molar-refractivity contribution in [2.45, 2.75) is 12.8 Å². The molecule has 0 bridgehead atoms. The van der Waals surface area contributed by atoms with E-state index in [0.717, 1.165) is 21.9 Å². The molecule has 0 N–H and O–H groups in total. The highest BCUT2D eigenvalue weighted by atomic mass is 16.5. The Morgan fingerprint density at radius 2 is 1.76 bits per heavy atom. The lowest BCUT2D eigenvalue weighted by atomic mass is 9.94. The van der Waals surface area contributed by atoms with E-state index in [1.807, 2.05) is 73.7 Å². The molecule has 0 aliphatic carbocycles. The van der Waals surface area contributed by atoms with Crippen molar-refractivity contribution in [3.8, 4) is 17.2 Å². The molecule has 3 aromatic carbocycles. The molecule has 172 valence electrons. The summed E-state index contributed by atoms with van der Waals surface area (Å²) in [7, 11) is 3.24. The second-order valence-electron chi connectivity index (χ2n) is 8.09. The van der Waals surface area contributed by atoms with Gasteiger partial charge in [-0.1, -0.05) is 42.5 Å². The number of amides is 1. The fourth-order valence-corrected chi connectivity index (χ4v) is 4.69. The molecule has 1 amide bonds. The highest BCUT2D eigenvalue weighted by Gasteiger charge is 2.36. The van der Waals surface area contributed by atoms with Gasteiger partial charge in [-0.25, -0.2) is 4.98 Å². The molecular weight excluding hydrogens is 428 g/mol. The van der Waals surface area contributed by atoms with Crippen molar-refractivity contribution >= 4 is 22.5 Å². The molecule has 0 fully saturated rings. The monoisotopic (exact) mass is 454 g/mol. The van der Waals surface area contributed by atoms with Gasteiger partial charge in [0.15, 0.2) is 11.5 Å². The average molecular weight is 455 g/mol. The fourth-order valence-electron chi connectivity index (χ4n) is 4.69. The zero-order chi connectivity index (χ0) is 23.7. The summed E-state index contributed by atoms with van der Waals surface area (Å²) < 4.78 is 16.8. The summed E-state index contributed by atoms with van der Waals surface area (Å²) >= 11 is 0. The predicted molar refractivity (Wildman–Crippen MR) is 132 cm³/mol. The lowest BCUT2D eigenvalue weighted by molar-refractivity contribution is 0.0986. The predicted octanol–water partition coefficient (Wildman–Crippen LogP) is 5.44. The van der Waals surface area contributed by atoms with Crippen molar-refractivity contribution in [2.24, 2.45) is 0 Å². The molecule has 1 aromatic heterocycles. The molecule has 6 nitrogen and oxygen atoms in total. The van der Waals surface area contributed by atoms with E-state index in [1.54, 1.807) is 25.3 Å². The van der Waals surface area contributed by atoms with Crippen LogP contribution in [0.2, 0.25) is 0 Å². The van der Waals surface area contributed by atoms with Gasteiger partial charge in [0.1, 0.15) is 11.6 Å². The lowest BCUT2D eigenvalue weighted by Crippen LogP contribution is -2.31. The highest BCUT2D eigenvalue weighted by Crippen LogP contribution is 2.42. The number of hydrogen-bond acceptors (Lipinski definition) is 5. The van der Waals surface area contributed by atoms with Crippen molar-refractivity contribution in [2.75, 3.05) is 32.3 Å². The van der Waals surface area contributed by atoms with E-state index >= 15 is 0 Å². The van der Waals surface area contributed by atoms with Crippen molar-refractivity contribution in [3.63, 3.8) is 0 Å². The van der Waals surface area contributed by atoms with Crippen LogP contribution in [0.5, 0.6) is 17.2 Å². The Bertz CT molecular complexity index is 1370. The summed E-state index contributed by atoms with van der Waals surface area (Å²) in [5, 5.41) is 1.86. The van der Waals surface area contributed by atoms with Crippen LogP contribution in [-0.2, 0) is 0 Å². The molecule has 4 aromatic rings. The largest absolute Gasteiger partial charge is 0.493 e. The first-order valence-corrected chi connectivity index (χ1v) is 11.3. The van der Waals surface area contributed by atoms with Gasteiger partial charge >= 0.3 is 0 Å². The molecule has 0 radical (unpaired) electrons. The lowest BCUT2D eigenvalue weighted by Gasteiger charge is -2.21. The number of hydrogen-bond donors (Lipinski definition) is 0. The van der Waals surface area contributed by atoms with Crippen LogP contribution in [0.1, 0.15) is 34.3 Å². The van der Waals surface area contributed by atoms with Crippen LogP contribution in [0.4, 0.5) is 5.82 Å². The maximum atomic E-state index is 14.1. The fraction of sp³-hybridized carbons (Fsp3) is 0.214. The molecule has 0 saturated heterocycles. The number of nitrogens with zero attached hydrogens (tertiary/aromatic N) is 2. The smallest absolute Gasteiger partial charge is 0.263 e. The number of rotatable bonds is 6. The van der Waals surface area contributed by atoms with Crippen molar-refractivity contribution in [1.82, 2.24) is 4.98 Å². The number of fused-ring (bicyclic) bond motifs is 2. The van der Waals surface area contributed by atoms with E-state index in [9.17, 15) is 4.79 Å². The van der Waals surface area contributed by atoms with Gasteiger partial charge in [-0.05, 0) is 47.5 Å². The molecule has 34 heavy (non-hydrogen) atoms. The van der Waals surface area contributed by atoms with Crippen LogP contribution in [-0.4, -0.2) is 38.3 Å².